The molecule has 2 unspecified atom stereocenters. The van der Waals surface area contributed by atoms with Crippen LogP contribution in [0.25, 0.3) is 10.8 Å². The van der Waals surface area contributed by atoms with Crippen LogP contribution in [0.4, 0.5) is 0 Å². The fraction of sp³-hybridized carbons (Fsp3) is 0.464. The van der Waals surface area contributed by atoms with E-state index in [4.69, 9.17) is 13.9 Å². The van der Waals surface area contributed by atoms with Gasteiger partial charge in [0, 0.05) is 32.7 Å². The van der Waals surface area contributed by atoms with Crippen LogP contribution in [0, 0.1) is 5.92 Å². The van der Waals surface area contributed by atoms with Crippen LogP contribution >= 0.6 is 0 Å². The minimum absolute atomic E-state index is 0.0241. The Morgan fingerprint density at radius 2 is 1.71 bits per heavy atom. The zero-order valence-electron chi connectivity index (χ0n) is 20.1. The molecule has 6 heteroatoms. The van der Waals surface area contributed by atoms with Crippen LogP contribution in [0.1, 0.15) is 43.0 Å². The number of carbonyl (C=O) groups excluding carboxylic acids is 1. The molecule has 2 aliphatic heterocycles. The third-order valence-electron chi connectivity index (χ3n) is 6.89. The second kappa shape index (κ2) is 10.2. The Morgan fingerprint density at radius 3 is 2.47 bits per heavy atom. The average Bonchev–Trinajstić information content (AvgIpc) is 3.31. The Kier molecular flexibility index (Phi) is 6.88. The van der Waals surface area contributed by atoms with E-state index in [9.17, 15) is 4.79 Å². The van der Waals surface area contributed by atoms with Crippen molar-refractivity contribution in [1.82, 2.24) is 9.80 Å². The summed E-state index contributed by atoms with van der Waals surface area (Å²) in [4.78, 5) is 17.4. The summed E-state index contributed by atoms with van der Waals surface area (Å²) in [6.07, 6.45) is 2.65. The minimum atomic E-state index is -0.0241. The highest BCUT2D eigenvalue weighted by Crippen LogP contribution is 2.24. The number of morpholine rings is 1. The lowest BCUT2D eigenvalue weighted by atomic mass is 9.95. The molecule has 2 atom stereocenters. The highest BCUT2D eigenvalue weighted by atomic mass is 16.5. The fourth-order valence-corrected chi connectivity index (χ4v) is 5.26. The van der Waals surface area contributed by atoms with E-state index in [1.165, 1.54) is 5.39 Å². The van der Waals surface area contributed by atoms with Crippen molar-refractivity contribution in [2.75, 3.05) is 32.7 Å². The molecule has 1 aromatic heterocycles. The van der Waals surface area contributed by atoms with Crippen molar-refractivity contribution in [3.8, 4) is 5.75 Å². The predicted octanol–water partition coefficient (Wildman–Crippen LogP) is 4.97. The van der Waals surface area contributed by atoms with Gasteiger partial charge in [0.05, 0.1) is 12.2 Å². The van der Waals surface area contributed by atoms with E-state index >= 15 is 0 Å². The van der Waals surface area contributed by atoms with Crippen molar-refractivity contribution in [2.24, 2.45) is 5.92 Å². The molecule has 2 aromatic carbocycles. The highest BCUT2D eigenvalue weighted by molar-refractivity contribution is 5.91. The molecular weight excluding hydrogens is 428 g/mol. The maximum absolute atomic E-state index is 13.0. The van der Waals surface area contributed by atoms with Crippen molar-refractivity contribution in [3.63, 3.8) is 0 Å². The first-order valence-corrected chi connectivity index (χ1v) is 12.4. The lowest BCUT2D eigenvalue weighted by molar-refractivity contribution is -0.0729. The maximum Gasteiger partial charge on any atom is 0.289 e. The Morgan fingerprint density at radius 1 is 0.971 bits per heavy atom. The highest BCUT2D eigenvalue weighted by Gasteiger charge is 2.29. The Balaban J connectivity index is 1.11. The van der Waals surface area contributed by atoms with Gasteiger partial charge in [-0.05, 0) is 67.6 Å². The molecule has 3 aromatic rings. The molecule has 5 rings (SSSR count). The van der Waals surface area contributed by atoms with Gasteiger partial charge in [-0.1, -0.05) is 30.3 Å². The van der Waals surface area contributed by atoms with Gasteiger partial charge in [0.1, 0.15) is 18.1 Å². The number of hydrogen-bond acceptors (Lipinski definition) is 5. The Bertz CT molecular complexity index is 1110. The maximum atomic E-state index is 13.0. The minimum Gasteiger partial charge on any atom is -0.486 e. The van der Waals surface area contributed by atoms with Crippen LogP contribution in [0.3, 0.4) is 0 Å². The Labute approximate surface area is 201 Å². The van der Waals surface area contributed by atoms with Gasteiger partial charge in [-0.2, -0.15) is 0 Å². The van der Waals surface area contributed by atoms with Gasteiger partial charge in [-0.15, -0.1) is 0 Å². The van der Waals surface area contributed by atoms with Crippen LogP contribution in [0.5, 0.6) is 5.75 Å². The monoisotopic (exact) mass is 462 g/mol. The number of amides is 1. The summed E-state index contributed by atoms with van der Waals surface area (Å²) in [5.74, 6) is 2.44. The molecule has 0 bridgehead atoms. The molecule has 2 fully saturated rings. The first-order valence-electron chi connectivity index (χ1n) is 12.4. The van der Waals surface area contributed by atoms with Crippen molar-refractivity contribution >= 4 is 16.7 Å². The second-order valence-electron chi connectivity index (χ2n) is 9.78. The molecule has 6 nitrogen and oxygen atoms in total. The molecule has 0 spiro atoms. The van der Waals surface area contributed by atoms with Crippen molar-refractivity contribution in [2.45, 2.75) is 45.5 Å². The SMILES string of the molecule is CC1CN(CC2CCN(C(=O)c3ccc(COc4ccc5ccccc5c4)o3)CC2)CC(C)O1. The van der Waals surface area contributed by atoms with Gasteiger partial charge >= 0.3 is 0 Å². The summed E-state index contributed by atoms with van der Waals surface area (Å²) < 4.78 is 17.6. The zero-order valence-corrected chi connectivity index (χ0v) is 20.1. The van der Waals surface area contributed by atoms with Gasteiger partial charge in [0.15, 0.2) is 5.76 Å². The number of nitrogens with zero attached hydrogens (tertiary/aromatic N) is 2. The van der Waals surface area contributed by atoms with E-state index < -0.39 is 0 Å². The summed E-state index contributed by atoms with van der Waals surface area (Å²) in [6.45, 7) is 9.25. The fourth-order valence-electron chi connectivity index (χ4n) is 5.26. The number of furan rings is 1. The van der Waals surface area contributed by atoms with E-state index in [1.807, 2.05) is 41.3 Å². The Hall–Kier alpha value is -2.83. The van der Waals surface area contributed by atoms with Gasteiger partial charge in [-0.3, -0.25) is 9.69 Å². The van der Waals surface area contributed by atoms with Gasteiger partial charge in [0.25, 0.3) is 5.91 Å². The topological polar surface area (TPSA) is 55.2 Å². The lowest BCUT2D eigenvalue weighted by Gasteiger charge is -2.39. The number of ether oxygens (including phenoxy) is 2. The smallest absolute Gasteiger partial charge is 0.289 e. The number of carbonyl (C=O) groups is 1. The molecular formula is C28H34N2O4. The molecule has 0 radical (unpaired) electrons. The zero-order chi connectivity index (χ0) is 23.5. The van der Waals surface area contributed by atoms with E-state index in [0.717, 1.165) is 56.7 Å². The number of fused-ring (bicyclic) bond motifs is 1. The molecule has 34 heavy (non-hydrogen) atoms. The standard InChI is InChI=1S/C28H34N2O4/c1-20-16-29(17-21(2)33-20)18-22-11-13-30(14-12-22)28(31)27-10-9-26(34-27)19-32-25-8-7-23-5-3-4-6-24(23)15-25/h3-10,15,20-22H,11-14,16-19H2,1-2H3. The van der Waals surface area contributed by atoms with Gasteiger partial charge in [-0.25, -0.2) is 0 Å². The van der Waals surface area contributed by atoms with Crippen molar-refractivity contribution < 1.29 is 18.7 Å². The van der Waals surface area contributed by atoms with Crippen LogP contribution < -0.4 is 4.74 Å². The van der Waals surface area contributed by atoms with E-state index in [2.05, 4.69) is 30.9 Å². The van der Waals surface area contributed by atoms with Crippen molar-refractivity contribution in [3.05, 3.63) is 66.1 Å². The largest absolute Gasteiger partial charge is 0.486 e. The predicted molar refractivity (Wildman–Crippen MR) is 132 cm³/mol. The number of rotatable bonds is 6. The number of piperidine rings is 1. The number of likely N-dealkylation sites (tertiary alicyclic amines) is 1. The summed E-state index contributed by atoms with van der Waals surface area (Å²) in [5, 5.41) is 2.31. The summed E-state index contributed by atoms with van der Waals surface area (Å²) in [6, 6.07) is 17.8. The molecule has 180 valence electrons. The first-order chi connectivity index (χ1) is 16.5. The summed E-state index contributed by atoms with van der Waals surface area (Å²) in [7, 11) is 0. The lowest BCUT2D eigenvalue weighted by Crippen LogP contribution is -2.48. The molecule has 2 saturated heterocycles. The number of benzene rings is 2. The molecule has 1 amide bonds. The van der Waals surface area contributed by atoms with E-state index in [1.54, 1.807) is 6.07 Å². The molecule has 0 saturated carbocycles. The number of hydrogen-bond donors (Lipinski definition) is 0. The van der Waals surface area contributed by atoms with Crippen LogP contribution in [-0.4, -0.2) is 60.6 Å². The van der Waals surface area contributed by atoms with Crippen LogP contribution in [0.15, 0.2) is 59.0 Å². The van der Waals surface area contributed by atoms with Gasteiger partial charge in [0.2, 0.25) is 0 Å². The average molecular weight is 463 g/mol. The van der Waals surface area contributed by atoms with E-state index in [-0.39, 0.29) is 5.91 Å². The second-order valence-corrected chi connectivity index (χ2v) is 9.78. The molecule has 2 aliphatic rings. The first kappa shape index (κ1) is 22.9. The van der Waals surface area contributed by atoms with E-state index in [0.29, 0.717) is 36.3 Å². The van der Waals surface area contributed by atoms with Crippen LogP contribution in [-0.2, 0) is 11.3 Å². The summed E-state index contributed by atoms with van der Waals surface area (Å²) >= 11 is 0. The third kappa shape index (κ3) is 5.45. The van der Waals surface area contributed by atoms with Crippen molar-refractivity contribution in [1.29, 1.82) is 0 Å². The molecule has 0 N–H and O–H groups in total. The van der Waals surface area contributed by atoms with Gasteiger partial charge < -0.3 is 18.8 Å². The van der Waals surface area contributed by atoms with Crippen LogP contribution in [0.2, 0.25) is 0 Å². The summed E-state index contributed by atoms with van der Waals surface area (Å²) in [5.41, 5.74) is 0. The molecule has 0 aliphatic carbocycles. The normalized spacial score (nSPS) is 22.2. The third-order valence-corrected chi connectivity index (χ3v) is 6.89. The quantitative estimate of drug-likeness (QED) is 0.518. The molecule has 3 heterocycles.